The van der Waals surface area contributed by atoms with Crippen molar-refractivity contribution in [1.29, 1.82) is 0 Å². The van der Waals surface area contributed by atoms with Gasteiger partial charge in [0, 0.05) is 10.0 Å². The van der Waals surface area contributed by atoms with Crippen molar-refractivity contribution in [3.8, 4) is 11.5 Å². The summed E-state index contributed by atoms with van der Waals surface area (Å²) in [5.41, 5.74) is 2.37. The number of aryl methyl sites for hydroxylation is 2. The molecule has 192 valence electrons. The third kappa shape index (κ3) is 12.7. The third-order valence-electron chi connectivity index (χ3n) is 6.47. The molecule has 0 heterocycles. The summed E-state index contributed by atoms with van der Waals surface area (Å²) in [6.45, 7) is 7.60. The monoisotopic (exact) mass is 514 g/mol. The van der Waals surface area contributed by atoms with Crippen molar-refractivity contribution in [2.75, 3.05) is 0 Å². The van der Waals surface area contributed by atoms with Crippen LogP contribution < -0.4 is 4.74 Å². The molecule has 0 saturated carbocycles. The van der Waals surface area contributed by atoms with E-state index in [4.69, 9.17) is 27.9 Å². The Morgan fingerprint density at radius 1 is 0.543 bits per heavy atom. The minimum atomic E-state index is 0.765. The number of rotatable bonds is 20. The Balaban J connectivity index is 1.88. The number of hydrogen-bond donors (Lipinski definition) is 0. The first-order chi connectivity index (χ1) is 17.1. The minimum Gasteiger partial charge on any atom is -0.457 e. The molecule has 0 fully saturated rings. The first-order valence-electron chi connectivity index (χ1n) is 13.6. The number of benzene rings is 2. The predicted octanol–water partition coefficient (Wildman–Crippen LogP) is 11.7. The fourth-order valence-electron chi connectivity index (χ4n) is 4.43. The van der Waals surface area contributed by atoms with Gasteiger partial charge < -0.3 is 4.74 Å². The molecule has 0 aliphatic carbocycles. The van der Waals surface area contributed by atoms with Gasteiger partial charge in [-0.15, -0.1) is 13.2 Å². The van der Waals surface area contributed by atoms with Gasteiger partial charge in [-0.3, -0.25) is 0 Å². The molecule has 2 rings (SSSR count). The Morgan fingerprint density at radius 2 is 0.914 bits per heavy atom. The lowest BCUT2D eigenvalue weighted by Gasteiger charge is -2.15. The van der Waals surface area contributed by atoms with Crippen LogP contribution in [0, 0.1) is 0 Å². The van der Waals surface area contributed by atoms with Crippen LogP contribution in [0.1, 0.15) is 101 Å². The van der Waals surface area contributed by atoms with Gasteiger partial charge in [-0.05, 0) is 98.9 Å². The van der Waals surface area contributed by atoms with Gasteiger partial charge in [-0.1, -0.05) is 86.7 Å². The molecule has 0 saturated heterocycles. The second kappa shape index (κ2) is 18.6. The predicted molar refractivity (Wildman–Crippen MR) is 155 cm³/mol. The molecule has 0 unspecified atom stereocenters. The van der Waals surface area contributed by atoms with Crippen LogP contribution in [0.3, 0.4) is 0 Å². The molecule has 0 spiro atoms. The fraction of sp³-hybridized carbons (Fsp3) is 0.500. The summed E-state index contributed by atoms with van der Waals surface area (Å²) in [5, 5.41) is 1.53. The largest absolute Gasteiger partial charge is 0.457 e. The molecule has 0 amide bonds. The third-order valence-corrected chi connectivity index (χ3v) is 6.94. The second-order valence-electron chi connectivity index (χ2n) is 9.50. The smallest absolute Gasteiger partial charge is 0.130 e. The summed E-state index contributed by atoms with van der Waals surface area (Å²) in [6, 6.07) is 12.0. The SMILES string of the molecule is C=CCCCCCCCCc1cc(Cl)ccc1Oc1ccc(Cl)cc1CCCCCCCCC=C. The maximum absolute atomic E-state index is 6.46. The molecule has 0 aliphatic rings. The average molecular weight is 516 g/mol. The minimum absolute atomic E-state index is 0.765. The quantitative estimate of drug-likeness (QED) is 0.126. The maximum atomic E-state index is 6.46. The van der Waals surface area contributed by atoms with E-state index >= 15 is 0 Å². The Hall–Kier alpha value is -1.70. The molecular weight excluding hydrogens is 471 g/mol. The van der Waals surface area contributed by atoms with Crippen LogP contribution >= 0.6 is 23.2 Å². The molecule has 0 aliphatic heterocycles. The molecule has 0 N–H and O–H groups in total. The van der Waals surface area contributed by atoms with E-state index in [2.05, 4.69) is 25.3 Å². The summed E-state index contributed by atoms with van der Waals surface area (Å²) in [5.74, 6) is 1.82. The number of ether oxygens (including phenoxy) is 1. The first-order valence-corrected chi connectivity index (χ1v) is 14.4. The number of hydrogen-bond acceptors (Lipinski definition) is 1. The van der Waals surface area contributed by atoms with Gasteiger partial charge in [-0.2, -0.15) is 0 Å². The molecule has 1 nitrogen and oxygen atoms in total. The van der Waals surface area contributed by atoms with Gasteiger partial charge in [0.15, 0.2) is 0 Å². The highest BCUT2D eigenvalue weighted by Crippen LogP contribution is 2.33. The second-order valence-corrected chi connectivity index (χ2v) is 10.4. The number of halogens is 2. The topological polar surface area (TPSA) is 9.23 Å². The Labute approximate surface area is 224 Å². The van der Waals surface area contributed by atoms with E-state index in [9.17, 15) is 0 Å². The molecule has 0 bridgehead atoms. The molecule has 0 aromatic heterocycles. The van der Waals surface area contributed by atoms with Crippen molar-refractivity contribution in [3.63, 3.8) is 0 Å². The van der Waals surface area contributed by atoms with E-state index in [0.29, 0.717) is 0 Å². The van der Waals surface area contributed by atoms with Crippen LogP contribution in [0.25, 0.3) is 0 Å². The molecule has 3 heteroatoms. The number of unbranched alkanes of at least 4 members (excludes halogenated alkanes) is 12. The van der Waals surface area contributed by atoms with Crippen molar-refractivity contribution >= 4 is 23.2 Å². The van der Waals surface area contributed by atoms with E-state index < -0.39 is 0 Å². The standard InChI is InChI=1S/C32H44Cl2O/c1-3-5-7-9-11-13-15-17-19-27-25-29(33)21-23-31(27)35-32-24-22-30(34)26-28(32)20-18-16-14-12-10-8-6-4-2/h3-4,21-26H,1-2,5-20H2. The van der Waals surface area contributed by atoms with Gasteiger partial charge in [0.2, 0.25) is 0 Å². The lowest BCUT2D eigenvalue weighted by Crippen LogP contribution is -1.97. The zero-order valence-electron chi connectivity index (χ0n) is 21.5. The summed E-state index contributed by atoms with van der Waals surface area (Å²) in [6.07, 6.45) is 23.3. The Kier molecular flexibility index (Phi) is 15.7. The van der Waals surface area contributed by atoms with Crippen LogP contribution in [0.4, 0.5) is 0 Å². The van der Waals surface area contributed by atoms with Crippen molar-refractivity contribution in [1.82, 2.24) is 0 Å². The van der Waals surface area contributed by atoms with Crippen LogP contribution in [0.5, 0.6) is 11.5 Å². The molecule has 0 radical (unpaired) electrons. The molecule has 0 atom stereocenters. The lowest BCUT2D eigenvalue weighted by molar-refractivity contribution is 0.466. The first kappa shape index (κ1) is 29.5. The lowest BCUT2D eigenvalue weighted by atomic mass is 10.0. The van der Waals surface area contributed by atoms with Crippen molar-refractivity contribution < 1.29 is 4.74 Å². The van der Waals surface area contributed by atoms with Gasteiger partial charge >= 0.3 is 0 Å². The van der Waals surface area contributed by atoms with E-state index in [1.54, 1.807) is 0 Å². The highest BCUT2D eigenvalue weighted by molar-refractivity contribution is 6.31. The van der Waals surface area contributed by atoms with E-state index in [1.807, 2.05) is 36.4 Å². The van der Waals surface area contributed by atoms with Crippen molar-refractivity contribution in [2.45, 2.75) is 103 Å². The van der Waals surface area contributed by atoms with Gasteiger partial charge in [0.05, 0.1) is 0 Å². The maximum Gasteiger partial charge on any atom is 0.130 e. The van der Waals surface area contributed by atoms with E-state index in [1.165, 1.54) is 75.3 Å². The Bertz CT molecular complexity index is 802. The summed E-state index contributed by atoms with van der Waals surface area (Å²) >= 11 is 12.7. The van der Waals surface area contributed by atoms with Crippen LogP contribution in [-0.4, -0.2) is 0 Å². The zero-order chi connectivity index (χ0) is 25.1. The molecule has 2 aromatic carbocycles. The normalized spacial score (nSPS) is 10.9. The van der Waals surface area contributed by atoms with Crippen molar-refractivity contribution in [3.05, 3.63) is 82.9 Å². The molecule has 2 aromatic rings. The number of allylic oxidation sites excluding steroid dienone is 2. The van der Waals surface area contributed by atoms with E-state index in [-0.39, 0.29) is 0 Å². The molecule has 35 heavy (non-hydrogen) atoms. The van der Waals surface area contributed by atoms with Crippen LogP contribution in [0.15, 0.2) is 61.7 Å². The van der Waals surface area contributed by atoms with Gasteiger partial charge in [-0.25, -0.2) is 0 Å². The fourth-order valence-corrected chi connectivity index (χ4v) is 4.82. The summed E-state index contributed by atoms with van der Waals surface area (Å²) in [7, 11) is 0. The summed E-state index contributed by atoms with van der Waals surface area (Å²) < 4.78 is 6.46. The molecular formula is C32H44Cl2O. The summed E-state index contributed by atoms with van der Waals surface area (Å²) in [4.78, 5) is 0. The van der Waals surface area contributed by atoms with Gasteiger partial charge in [0.25, 0.3) is 0 Å². The van der Waals surface area contributed by atoms with E-state index in [0.717, 1.165) is 60.1 Å². The Morgan fingerprint density at radius 3 is 1.31 bits per heavy atom. The highest BCUT2D eigenvalue weighted by atomic mass is 35.5. The van der Waals surface area contributed by atoms with Gasteiger partial charge in [0.1, 0.15) is 11.5 Å². The van der Waals surface area contributed by atoms with Crippen molar-refractivity contribution in [2.24, 2.45) is 0 Å². The zero-order valence-corrected chi connectivity index (χ0v) is 23.0. The average Bonchev–Trinajstić information content (AvgIpc) is 2.85. The van der Waals surface area contributed by atoms with Crippen LogP contribution in [-0.2, 0) is 12.8 Å². The highest BCUT2D eigenvalue weighted by Gasteiger charge is 2.11. The van der Waals surface area contributed by atoms with Crippen LogP contribution in [0.2, 0.25) is 10.0 Å².